The zero-order chi connectivity index (χ0) is 13.2. The third kappa shape index (κ3) is 2.17. The van der Waals surface area contributed by atoms with E-state index in [1.54, 1.807) is 25.4 Å². The summed E-state index contributed by atoms with van der Waals surface area (Å²) < 4.78 is 5.00. The lowest BCUT2D eigenvalue weighted by molar-refractivity contribution is 0.0950. The Morgan fingerprint density at radius 3 is 3.16 bits per heavy atom. The Morgan fingerprint density at radius 2 is 2.37 bits per heavy atom. The largest absolute Gasteiger partial charge is 0.348 e. The molecule has 0 spiro atoms. The highest BCUT2D eigenvalue weighted by Gasteiger charge is 2.11. The molecule has 0 aliphatic rings. The van der Waals surface area contributed by atoms with Crippen molar-refractivity contribution in [1.82, 2.24) is 25.7 Å². The lowest BCUT2D eigenvalue weighted by Crippen LogP contribution is -2.22. The Morgan fingerprint density at radius 1 is 1.47 bits per heavy atom. The van der Waals surface area contributed by atoms with Gasteiger partial charge in [-0.25, -0.2) is 4.98 Å². The van der Waals surface area contributed by atoms with E-state index in [0.29, 0.717) is 23.5 Å². The number of pyridine rings is 1. The van der Waals surface area contributed by atoms with Crippen LogP contribution in [0.4, 0.5) is 0 Å². The molecule has 0 aliphatic carbocycles. The summed E-state index contributed by atoms with van der Waals surface area (Å²) in [6, 6.07) is 1.72. The molecule has 7 heteroatoms. The summed E-state index contributed by atoms with van der Waals surface area (Å²) in [7, 11) is 0. The number of aromatic amines is 1. The van der Waals surface area contributed by atoms with E-state index < -0.39 is 0 Å². The van der Waals surface area contributed by atoms with Crippen LogP contribution in [-0.4, -0.2) is 26.2 Å². The van der Waals surface area contributed by atoms with Crippen LogP contribution >= 0.6 is 0 Å². The Balaban J connectivity index is 1.79. The van der Waals surface area contributed by atoms with Gasteiger partial charge in [0, 0.05) is 24.5 Å². The highest BCUT2D eigenvalue weighted by atomic mass is 16.5. The molecule has 0 saturated heterocycles. The second-order valence-corrected chi connectivity index (χ2v) is 4.13. The Kier molecular flexibility index (Phi) is 2.71. The first-order valence-corrected chi connectivity index (χ1v) is 5.72. The minimum absolute atomic E-state index is 0.198. The maximum Gasteiger partial charge on any atom is 0.257 e. The number of hydrogen-bond acceptors (Lipinski definition) is 5. The first-order chi connectivity index (χ1) is 9.24. The van der Waals surface area contributed by atoms with E-state index in [-0.39, 0.29) is 5.91 Å². The van der Waals surface area contributed by atoms with Crippen molar-refractivity contribution in [3.05, 3.63) is 41.5 Å². The van der Waals surface area contributed by atoms with Crippen molar-refractivity contribution in [3.63, 3.8) is 0 Å². The van der Waals surface area contributed by atoms with Gasteiger partial charge in [0.25, 0.3) is 11.6 Å². The van der Waals surface area contributed by atoms with Crippen molar-refractivity contribution in [2.45, 2.75) is 13.5 Å². The van der Waals surface area contributed by atoms with Crippen molar-refractivity contribution < 1.29 is 9.32 Å². The van der Waals surface area contributed by atoms with Gasteiger partial charge in [-0.05, 0) is 13.0 Å². The molecule has 0 unspecified atom stereocenters. The molecular formula is C12H11N5O2. The smallest absolute Gasteiger partial charge is 0.257 e. The van der Waals surface area contributed by atoms with Crippen LogP contribution in [-0.2, 0) is 6.54 Å². The quantitative estimate of drug-likeness (QED) is 0.734. The van der Waals surface area contributed by atoms with Gasteiger partial charge in [-0.1, -0.05) is 5.16 Å². The van der Waals surface area contributed by atoms with Crippen molar-refractivity contribution >= 4 is 17.0 Å². The number of aryl methyl sites for hydroxylation is 1. The Bertz CT molecular complexity index is 717. The first-order valence-electron chi connectivity index (χ1n) is 5.72. The van der Waals surface area contributed by atoms with Gasteiger partial charge in [-0.3, -0.25) is 9.89 Å². The summed E-state index contributed by atoms with van der Waals surface area (Å²) in [5.74, 6) is -0.198. The van der Waals surface area contributed by atoms with E-state index in [0.717, 1.165) is 10.9 Å². The molecule has 3 aromatic rings. The van der Waals surface area contributed by atoms with Crippen molar-refractivity contribution in [1.29, 1.82) is 0 Å². The van der Waals surface area contributed by atoms with Gasteiger partial charge in [0.15, 0.2) is 0 Å². The van der Waals surface area contributed by atoms with Gasteiger partial charge in [0.1, 0.15) is 0 Å². The number of nitrogens with zero attached hydrogens (tertiary/aromatic N) is 3. The normalized spacial score (nSPS) is 10.8. The van der Waals surface area contributed by atoms with Crippen molar-refractivity contribution in [3.8, 4) is 0 Å². The molecule has 0 aliphatic heterocycles. The van der Waals surface area contributed by atoms with Gasteiger partial charge in [0.05, 0.1) is 22.8 Å². The van der Waals surface area contributed by atoms with Crippen LogP contribution in [0.25, 0.3) is 11.1 Å². The Hall–Kier alpha value is -2.70. The minimum Gasteiger partial charge on any atom is -0.348 e. The molecule has 0 saturated carbocycles. The van der Waals surface area contributed by atoms with Crippen LogP contribution in [0.1, 0.15) is 21.6 Å². The monoisotopic (exact) mass is 257 g/mol. The number of nitrogens with one attached hydrogen (secondary N) is 2. The van der Waals surface area contributed by atoms with Crippen LogP contribution in [0.2, 0.25) is 0 Å². The maximum absolute atomic E-state index is 12.0. The number of H-pyrrole nitrogens is 1. The van der Waals surface area contributed by atoms with Crippen LogP contribution in [0.15, 0.2) is 29.2 Å². The molecule has 0 atom stereocenters. The topological polar surface area (TPSA) is 96.7 Å². The molecule has 0 fully saturated rings. The summed E-state index contributed by atoms with van der Waals surface area (Å²) in [6.45, 7) is 2.22. The zero-order valence-electron chi connectivity index (χ0n) is 10.2. The summed E-state index contributed by atoms with van der Waals surface area (Å²) in [5.41, 5.74) is 2.53. The number of rotatable bonds is 3. The number of fused-ring (bicyclic) bond motifs is 1. The third-order valence-corrected chi connectivity index (χ3v) is 2.78. The van der Waals surface area contributed by atoms with E-state index in [4.69, 9.17) is 4.52 Å². The fourth-order valence-corrected chi connectivity index (χ4v) is 1.73. The molecule has 3 rings (SSSR count). The van der Waals surface area contributed by atoms with Crippen LogP contribution < -0.4 is 5.32 Å². The number of hydrogen-bond donors (Lipinski definition) is 2. The lowest BCUT2D eigenvalue weighted by Gasteiger charge is -2.02. The average molecular weight is 257 g/mol. The summed E-state index contributed by atoms with van der Waals surface area (Å²) in [4.78, 5) is 16.0. The van der Waals surface area contributed by atoms with Gasteiger partial charge in [-0.15, -0.1) is 0 Å². The van der Waals surface area contributed by atoms with Crippen LogP contribution in [0.5, 0.6) is 0 Å². The van der Waals surface area contributed by atoms with E-state index in [1.165, 1.54) is 6.20 Å². The average Bonchev–Trinajstić information content (AvgIpc) is 3.06. The van der Waals surface area contributed by atoms with Gasteiger partial charge < -0.3 is 9.84 Å². The third-order valence-electron chi connectivity index (χ3n) is 2.78. The summed E-state index contributed by atoms with van der Waals surface area (Å²) >= 11 is 0. The molecule has 96 valence electrons. The Labute approximate surface area is 108 Å². The van der Waals surface area contributed by atoms with Crippen molar-refractivity contribution in [2.75, 3.05) is 0 Å². The second kappa shape index (κ2) is 4.52. The van der Waals surface area contributed by atoms with E-state index >= 15 is 0 Å². The van der Waals surface area contributed by atoms with E-state index in [1.807, 2.05) is 0 Å². The SMILES string of the molecule is Cc1noc2ncc(C(=O)NCc3cn[nH]c3)cc12. The van der Waals surface area contributed by atoms with Crippen molar-refractivity contribution in [2.24, 2.45) is 0 Å². The molecule has 0 radical (unpaired) electrons. The minimum atomic E-state index is -0.198. The molecule has 0 bridgehead atoms. The predicted molar refractivity (Wildman–Crippen MR) is 66.3 cm³/mol. The lowest BCUT2D eigenvalue weighted by atomic mass is 10.2. The molecule has 3 heterocycles. The van der Waals surface area contributed by atoms with Gasteiger partial charge in [0.2, 0.25) is 0 Å². The second-order valence-electron chi connectivity index (χ2n) is 4.13. The summed E-state index contributed by atoms with van der Waals surface area (Å²) in [5, 5.41) is 13.8. The molecular weight excluding hydrogens is 246 g/mol. The number of carbonyl (C=O) groups is 1. The number of aromatic nitrogens is 4. The molecule has 1 amide bonds. The fourth-order valence-electron chi connectivity index (χ4n) is 1.73. The molecule has 7 nitrogen and oxygen atoms in total. The van der Waals surface area contributed by atoms with Crippen LogP contribution in [0, 0.1) is 6.92 Å². The highest BCUT2D eigenvalue weighted by molar-refractivity contribution is 5.96. The molecule has 3 aromatic heterocycles. The maximum atomic E-state index is 12.0. The van der Waals surface area contributed by atoms with E-state index in [9.17, 15) is 4.79 Å². The standard InChI is InChI=1S/C12H11N5O2/c1-7-10-2-9(6-14-12(10)19-17-7)11(18)13-3-8-4-15-16-5-8/h2,4-6H,3H2,1H3,(H,13,18)(H,15,16). The van der Waals surface area contributed by atoms with Gasteiger partial charge >= 0.3 is 0 Å². The van der Waals surface area contributed by atoms with Crippen LogP contribution in [0.3, 0.4) is 0 Å². The summed E-state index contributed by atoms with van der Waals surface area (Å²) in [6.07, 6.45) is 4.86. The molecule has 19 heavy (non-hydrogen) atoms. The zero-order valence-corrected chi connectivity index (χ0v) is 10.2. The first kappa shape index (κ1) is 11.4. The number of amides is 1. The van der Waals surface area contributed by atoms with Gasteiger partial charge in [-0.2, -0.15) is 5.10 Å². The number of carbonyl (C=O) groups excluding carboxylic acids is 1. The fraction of sp³-hybridized carbons (Fsp3) is 0.167. The van der Waals surface area contributed by atoms with E-state index in [2.05, 4.69) is 25.7 Å². The highest BCUT2D eigenvalue weighted by Crippen LogP contribution is 2.16. The molecule has 2 N–H and O–H groups in total. The molecule has 0 aromatic carbocycles. The predicted octanol–water partition coefficient (Wildman–Crippen LogP) is 1.18.